The Kier molecular flexibility index (Phi) is 9.55. The van der Waals surface area contributed by atoms with Gasteiger partial charge in [-0.3, -0.25) is 19.7 Å². The van der Waals surface area contributed by atoms with Gasteiger partial charge in [-0.25, -0.2) is 4.98 Å². The molecule has 33 heavy (non-hydrogen) atoms. The van der Waals surface area contributed by atoms with E-state index >= 15 is 0 Å². The SMILES string of the molecule is CC(C)C[C@H](N[C@@H](Cc1csc(-c2ccccc2)n1)C(=O)O)C(=O)OCOC(=O)C(C)(C)C. The van der Waals surface area contributed by atoms with Crippen LogP contribution in [0.25, 0.3) is 10.6 Å². The Morgan fingerprint density at radius 1 is 1.09 bits per heavy atom. The van der Waals surface area contributed by atoms with E-state index in [0.717, 1.165) is 10.6 Å². The number of benzene rings is 1. The molecule has 1 heterocycles. The van der Waals surface area contributed by atoms with Crippen LogP contribution < -0.4 is 5.32 Å². The molecule has 8 nitrogen and oxygen atoms in total. The minimum absolute atomic E-state index is 0.102. The maximum absolute atomic E-state index is 12.6. The first-order chi connectivity index (χ1) is 15.5. The molecule has 0 amide bonds. The zero-order valence-corrected chi connectivity index (χ0v) is 20.5. The maximum atomic E-state index is 12.6. The van der Waals surface area contributed by atoms with Crippen LogP contribution in [0.15, 0.2) is 35.7 Å². The molecule has 0 spiro atoms. The molecule has 9 heteroatoms. The van der Waals surface area contributed by atoms with E-state index in [1.807, 2.05) is 49.6 Å². The van der Waals surface area contributed by atoms with Gasteiger partial charge in [0.15, 0.2) is 0 Å². The molecule has 2 aromatic rings. The van der Waals surface area contributed by atoms with E-state index in [1.165, 1.54) is 11.3 Å². The molecule has 0 aliphatic heterocycles. The summed E-state index contributed by atoms with van der Waals surface area (Å²) in [5.74, 6) is -2.15. The maximum Gasteiger partial charge on any atom is 0.326 e. The first-order valence-corrected chi connectivity index (χ1v) is 11.7. The molecule has 0 aliphatic carbocycles. The van der Waals surface area contributed by atoms with Gasteiger partial charge in [0.05, 0.1) is 11.1 Å². The molecule has 2 rings (SSSR count). The molecule has 2 N–H and O–H groups in total. The third-order valence-electron chi connectivity index (χ3n) is 4.68. The summed E-state index contributed by atoms with van der Waals surface area (Å²) in [6.45, 7) is 8.40. The van der Waals surface area contributed by atoms with Gasteiger partial charge in [0.1, 0.15) is 17.1 Å². The van der Waals surface area contributed by atoms with Gasteiger partial charge >= 0.3 is 17.9 Å². The van der Waals surface area contributed by atoms with Crippen LogP contribution >= 0.6 is 11.3 Å². The van der Waals surface area contributed by atoms with Gasteiger partial charge in [-0.05, 0) is 33.1 Å². The first-order valence-electron chi connectivity index (χ1n) is 10.8. The highest BCUT2D eigenvalue weighted by molar-refractivity contribution is 7.13. The quantitative estimate of drug-likeness (QED) is 0.371. The Labute approximate surface area is 198 Å². The van der Waals surface area contributed by atoms with Crippen molar-refractivity contribution in [1.29, 1.82) is 0 Å². The fourth-order valence-corrected chi connectivity index (χ4v) is 3.78. The molecule has 0 unspecified atom stereocenters. The number of rotatable bonds is 11. The third kappa shape index (κ3) is 8.58. The van der Waals surface area contributed by atoms with Crippen molar-refractivity contribution in [1.82, 2.24) is 10.3 Å². The van der Waals surface area contributed by atoms with E-state index in [-0.39, 0.29) is 12.3 Å². The summed E-state index contributed by atoms with van der Waals surface area (Å²) in [6.07, 6.45) is 0.474. The number of aliphatic carboxylic acids is 1. The van der Waals surface area contributed by atoms with Crippen LogP contribution in [0.5, 0.6) is 0 Å². The topological polar surface area (TPSA) is 115 Å². The number of esters is 2. The second kappa shape index (κ2) is 11.9. The number of hydrogen-bond acceptors (Lipinski definition) is 8. The van der Waals surface area contributed by atoms with Gasteiger partial charge < -0.3 is 14.6 Å². The number of carbonyl (C=O) groups excluding carboxylic acids is 2. The standard InChI is InChI=1S/C24H32N2O6S/c1-15(2)11-19(22(29)31-14-32-23(30)24(3,4)5)26-18(21(27)28)12-17-13-33-20(25-17)16-9-7-6-8-10-16/h6-10,13,15,18-19,26H,11-12,14H2,1-5H3,(H,27,28)/t18-,19-/m0/s1. The molecule has 2 atom stereocenters. The van der Waals surface area contributed by atoms with Gasteiger partial charge in [-0.15, -0.1) is 11.3 Å². The van der Waals surface area contributed by atoms with Crippen LogP contribution in [0.3, 0.4) is 0 Å². The van der Waals surface area contributed by atoms with Crippen molar-refractivity contribution in [3.8, 4) is 10.6 Å². The molecular formula is C24H32N2O6S. The highest BCUT2D eigenvalue weighted by atomic mass is 32.1. The lowest BCUT2D eigenvalue weighted by Crippen LogP contribution is -2.49. The van der Waals surface area contributed by atoms with Crippen LogP contribution in [-0.4, -0.2) is 46.9 Å². The summed E-state index contributed by atoms with van der Waals surface area (Å²) in [5.41, 5.74) is 0.858. The van der Waals surface area contributed by atoms with Crippen LogP contribution in [0, 0.1) is 11.3 Å². The summed E-state index contributed by atoms with van der Waals surface area (Å²) in [7, 11) is 0. The molecule has 1 aromatic heterocycles. The number of nitrogens with one attached hydrogen (secondary N) is 1. The molecule has 1 aromatic carbocycles. The normalized spacial score (nSPS) is 13.4. The van der Waals surface area contributed by atoms with Gasteiger partial charge in [-0.1, -0.05) is 44.2 Å². The monoisotopic (exact) mass is 476 g/mol. The second-order valence-electron chi connectivity index (χ2n) is 9.22. The van der Waals surface area contributed by atoms with Gasteiger partial charge in [0, 0.05) is 17.4 Å². The van der Waals surface area contributed by atoms with Crippen molar-refractivity contribution < 1.29 is 29.0 Å². The smallest absolute Gasteiger partial charge is 0.326 e. The summed E-state index contributed by atoms with van der Waals surface area (Å²) in [5, 5.41) is 15.3. The Bertz CT molecular complexity index is 936. The minimum Gasteiger partial charge on any atom is -0.480 e. The molecule has 0 aliphatic rings. The number of ether oxygens (including phenoxy) is 2. The van der Waals surface area contributed by atoms with Crippen molar-refractivity contribution in [3.05, 3.63) is 41.4 Å². The highest BCUT2D eigenvalue weighted by Gasteiger charge is 2.30. The highest BCUT2D eigenvalue weighted by Crippen LogP contribution is 2.24. The van der Waals surface area contributed by atoms with Crippen LogP contribution in [0.1, 0.15) is 46.7 Å². The Balaban J connectivity index is 2.04. The molecule has 0 radical (unpaired) electrons. The van der Waals surface area contributed by atoms with E-state index in [2.05, 4.69) is 10.3 Å². The number of carboxylic acids is 1. The summed E-state index contributed by atoms with van der Waals surface area (Å²) in [6, 6.07) is 7.72. The van der Waals surface area contributed by atoms with E-state index in [9.17, 15) is 19.5 Å². The average molecular weight is 477 g/mol. The summed E-state index contributed by atoms with van der Waals surface area (Å²) in [4.78, 5) is 41.0. The van der Waals surface area contributed by atoms with Crippen LogP contribution in [0.2, 0.25) is 0 Å². The lowest BCUT2D eigenvalue weighted by Gasteiger charge is -2.23. The van der Waals surface area contributed by atoms with Crippen molar-refractivity contribution in [2.45, 2.75) is 59.5 Å². The van der Waals surface area contributed by atoms with Crippen molar-refractivity contribution in [3.63, 3.8) is 0 Å². The zero-order valence-electron chi connectivity index (χ0n) is 19.7. The average Bonchev–Trinajstić information content (AvgIpc) is 3.20. The van der Waals surface area contributed by atoms with Gasteiger partial charge in [0.2, 0.25) is 6.79 Å². The lowest BCUT2D eigenvalue weighted by atomic mass is 9.98. The van der Waals surface area contributed by atoms with E-state index in [4.69, 9.17) is 9.47 Å². The van der Waals surface area contributed by atoms with E-state index in [1.54, 1.807) is 20.8 Å². The van der Waals surface area contributed by atoms with Crippen molar-refractivity contribution in [2.75, 3.05) is 6.79 Å². The van der Waals surface area contributed by atoms with Gasteiger partial charge in [-0.2, -0.15) is 0 Å². The fraction of sp³-hybridized carbons (Fsp3) is 0.500. The molecule has 180 valence electrons. The predicted molar refractivity (Wildman–Crippen MR) is 126 cm³/mol. The number of thiazole rings is 1. The second-order valence-corrected chi connectivity index (χ2v) is 10.1. The Hall–Kier alpha value is -2.78. The number of nitrogens with zero attached hydrogens (tertiary/aromatic N) is 1. The molecule has 0 saturated carbocycles. The molecule has 0 saturated heterocycles. The third-order valence-corrected chi connectivity index (χ3v) is 5.62. The largest absolute Gasteiger partial charge is 0.480 e. The first kappa shape index (κ1) is 26.5. The van der Waals surface area contributed by atoms with E-state index in [0.29, 0.717) is 12.1 Å². The number of carbonyl (C=O) groups is 3. The zero-order chi connectivity index (χ0) is 24.6. The molecule has 0 bridgehead atoms. The molecule has 0 fully saturated rings. The van der Waals surface area contributed by atoms with Crippen molar-refractivity contribution in [2.24, 2.45) is 11.3 Å². The molecular weight excluding hydrogens is 444 g/mol. The van der Waals surface area contributed by atoms with E-state index < -0.39 is 42.2 Å². The lowest BCUT2D eigenvalue weighted by molar-refractivity contribution is -0.174. The fourth-order valence-electron chi connectivity index (χ4n) is 2.95. The number of hydrogen-bond donors (Lipinski definition) is 2. The van der Waals surface area contributed by atoms with Crippen LogP contribution in [-0.2, 0) is 30.3 Å². The summed E-state index contributed by atoms with van der Waals surface area (Å²) >= 11 is 1.44. The summed E-state index contributed by atoms with van der Waals surface area (Å²) < 4.78 is 10.1. The number of aromatic nitrogens is 1. The number of carboxylic acid groups (broad SMARTS) is 1. The minimum atomic E-state index is -1.09. The van der Waals surface area contributed by atoms with Crippen LogP contribution in [0.4, 0.5) is 0 Å². The Morgan fingerprint density at radius 2 is 1.76 bits per heavy atom. The Morgan fingerprint density at radius 3 is 2.33 bits per heavy atom. The van der Waals surface area contributed by atoms with Crippen molar-refractivity contribution >= 4 is 29.2 Å². The van der Waals surface area contributed by atoms with Gasteiger partial charge in [0.25, 0.3) is 0 Å². The predicted octanol–water partition coefficient (Wildman–Crippen LogP) is 3.90.